The largest absolute Gasteiger partial charge is 0.452 e. The van der Waals surface area contributed by atoms with Crippen LogP contribution in [0.5, 0.6) is 0 Å². The SMILES string of the molecule is Cc1cccc(C(=O)OCC(=O)N2CCCC(C)C2)c1C. The summed E-state index contributed by atoms with van der Waals surface area (Å²) in [6.45, 7) is 7.34. The van der Waals surface area contributed by atoms with E-state index in [9.17, 15) is 9.59 Å². The van der Waals surface area contributed by atoms with Crippen LogP contribution in [0, 0.1) is 19.8 Å². The zero-order valence-electron chi connectivity index (χ0n) is 13.0. The van der Waals surface area contributed by atoms with E-state index < -0.39 is 5.97 Å². The first-order chi connectivity index (χ1) is 9.99. The molecule has 1 aromatic rings. The maximum atomic E-state index is 12.1. The van der Waals surface area contributed by atoms with Crippen LogP contribution in [0.3, 0.4) is 0 Å². The predicted molar refractivity (Wildman–Crippen MR) is 81.2 cm³/mol. The molecule has 0 bridgehead atoms. The van der Waals surface area contributed by atoms with Gasteiger partial charge in [-0.2, -0.15) is 0 Å². The van der Waals surface area contributed by atoms with Gasteiger partial charge in [0.05, 0.1) is 5.56 Å². The molecule has 0 radical (unpaired) electrons. The van der Waals surface area contributed by atoms with Gasteiger partial charge in [-0.25, -0.2) is 4.79 Å². The quantitative estimate of drug-likeness (QED) is 0.804. The second-order valence-corrected chi connectivity index (χ2v) is 5.91. The third-order valence-corrected chi connectivity index (χ3v) is 4.16. The molecule has 1 unspecified atom stereocenters. The summed E-state index contributed by atoms with van der Waals surface area (Å²) in [4.78, 5) is 26.0. The molecule has 114 valence electrons. The number of esters is 1. The molecular weight excluding hydrogens is 266 g/mol. The van der Waals surface area contributed by atoms with Gasteiger partial charge in [-0.3, -0.25) is 4.79 Å². The normalized spacial score (nSPS) is 18.4. The second-order valence-electron chi connectivity index (χ2n) is 5.91. The Balaban J connectivity index is 1.91. The minimum absolute atomic E-state index is 0.0970. The lowest BCUT2D eigenvalue weighted by atomic mass is 10.0. The molecule has 1 heterocycles. The average Bonchev–Trinajstić information content (AvgIpc) is 2.47. The van der Waals surface area contributed by atoms with Crippen molar-refractivity contribution in [3.8, 4) is 0 Å². The Bertz CT molecular complexity index is 539. The molecule has 0 N–H and O–H groups in total. The number of amides is 1. The molecule has 2 rings (SSSR count). The van der Waals surface area contributed by atoms with E-state index >= 15 is 0 Å². The molecule has 21 heavy (non-hydrogen) atoms. The molecule has 1 aliphatic rings. The van der Waals surface area contributed by atoms with Crippen molar-refractivity contribution in [1.82, 2.24) is 4.90 Å². The van der Waals surface area contributed by atoms with E-state index in [0.29, 0.717) is 11.5 Å². The number of ether oxygens (including phenoxy) is 1. The Kier molecular flexibility index (Phi) is 4.99. The highest BCUT2D eigenvalue weighted by Crippen LogP contribution is 2.16. The minimum atomic E-state index is -0.422. The fourth-order valence-corrected chi connectivity index (χ4v) is 2.68. The molecule has 0 saturated carbocycles. The van der Waals surface area contributed by atoms with Crippen LogP contribution < -0.4 is 0 Å². The molecule has 1 fully saturated rings. The number of piperidine rings is 1. The van der Waals surface area contributed by atoms with Crippen LogP contribution in [0.2, 0.25) is 0 Å². The van der Waals surface area contributed by atoms with Crippen molar-refractivity contribution in [1.29, 1.82) is 0 Å². The van der Waals surface area contributed by atoms with Crippen LogP contribution in [0.15, 0.2) is 18.2 Å². The number of likely N-dealkylation sites (tertiary alicyclic amines) is 1. The molecule has 0 spiro atoms. The van der Waals surface area contributed by atoms with Crippen molar-refractivity contribution in [2.75, 3.05) is 19.7 Å². The van der Waals surface area contributed by atoms with Gasteiger partial charge < -0.3 is 9.64 Å². The molecule has 1 amide bonds. The number of rotatable bonds is 3. The standard InChI is InChI=1S/C17H23NO3/c1-12-6-5-9-18(10-12)16(19)11-21-17(20)15-8-4-7-13(2)14(15)3/h4,7-8,12H,5-6,9-11H2,1-3H3. The number of hydrogen-bond donors (Lipinski definition) is 0. The molecule has 1 atom stereocenters. The number of benzene rings is 1. The molecular formula is C17H23NO3. The van der Waals surface area contributed by atoms with Crippen molar-refractivity contribution >= 4 is 11.9 Å². The van der Waals surface area contributed by atoms with Crippen LogP contribution in [0.4, 0.5) is 0 Å². The van der Waals surface area contributed by atoms with Crippen molar-refractivity contribution in [3.63, 3.8) is 0 Å². The van der Waals surface area contributed by atoms with E-state index in [1.165, 1.54) is 0 Å². The lowest BCUT2D eigenvalue weighted by Gasteiger charge is -2.30. The molecule has 1 aliphatic heterocycles. The summed E-state index contributed by atoms with van der Waals surface area (Å²) in [7, 11) is 0. The number of hydrogen-bond acceptors (Lipinski definition) is 3. The van der Waals surface area contributed by atoms with Gasteiger partial charge in [0.2, 0.25) is 0 Å². The molecule has 1 saturated heterocycles. The van der Waals surface area contributed by atoms with Gasteiger partial charge in [-0.05, 0) is 49.8 Å². The van der Waals surface area contributed by atoms with Crippen LogP contribution in [-0.2, 0) is 9.53 Å². The van der Waals surface area contributed by atoms with E-state index in [4.69, 9.17) is 4.74 Å². The zero-order valence-corrected chi connectivity index (χ0v) is 13.0. The van der Waals surface area contributed by atoms with Crippen LogP contribution in [0.1, 0.15) is 41.3 Å². The van der Waals surface area contributed by atoms with Gasteiger partial charge >= 0.3 is 5.97 Å². The highest BCUT2D eigenvalue weighted by molar-refractivity contribution is 5.93. The van der Waals surface area contributed by atoms with Crippen molar-refractivity contribution in [2.24, 2.45) is 5.92 Å². The third-order valence-electron chi connectivity index (χ3n) is 4.16. The van der Waals surface area contributed by atoms with Gasteiger partial charge in [0.1, 0.15) is 0 Å². The first-order valence-electron chi connectivity index (χ1n) is 7.50. The summed E-state index contributed by atoms with van der Waals surface area (Å²) in [6, 6.07) is 5.51. The molecule has 1 aromatic carbocycles. The van der Waals surface area contributed by atoms with Gasteiger partial charge in [0, 0.05) is 13.1 Å². The fraction of sp³-hybridized carbons (Fsp3) is 0.529. The van der Waals surface area contributed by atoms with Gasteiger partial charge in [-0.15, -0.1) is 0 Å². The predicted octanol–water partition coefficient (Wildman–Crippen LogP) is 2.72. The van der Waals surface area contributed by atoms with Crippen LogP contribution in [0.25, 0.3) is 0 Å². The highest BCUT2D eigenvalue weighted by atomic mass is 16.5. The van der Waals surface area contributed by atoms with E-state index in [1.807, 2.05) is 26.0 Å². The number of aryl methyl sites for hydroxylation is 1. The third kappa shape index (κ3) is 3.84. The Morgan fingerprint density at radius 2 is 2.10 bits per heavy atom. The van der Waals surface area contributed by atoms with E-state index in [-0.39, 0.29) is 12.5 Å². The average molecular weight is 289 g/mol. The monoisotopic (exact) mass is 289 g/mol. The van der Waals surface area contributed by atoms with Crippen LogP contribution in [-0.4, -0.2) is 36.5 Å². The Labute approximate surface area is 126 Å². The molecule has 4 nitrogen and oxygen atoms in total. The van der Waals surface area contributed by atoms with Crippen LogP contribution >= 0.6 is 0 Å². The maximum absolute atomic E-state index is 12.1. The Morgan fingerprint density at radius 1 is 1.33 bits per heavy atom. The summed E-state index contributed by atoms with van der Waals surface area (Å²) < 4.78 is 5.18. The molecule has 0 aromatic heterocycles. The second kappa shape index (κ2) is 6.74. The number of carbonyl (C=O) groups excluding carboxylic acids is 2. The lowest BCUT2D eigenvalue weighted by Crippen LogP contribution is -2.41. The zero-order chi connectivity index (χ0) is 15.4. The summed E-state index contributed by atoms with van der Waals surface area (Å²) in [5.41, 5.74) is 2.48. The van der Waals surface area contributed by atoms with E-state index in [0.717, 1.165) is 37.1 Å². The number of nitrogens with zero attached hydrogens (tertiary/aromatic N) is 1. The topological polar surface area (TPSA) is 46.6 Å². The number of carbonyl (C=O) groups is 2. The van der Waals surface area contributed by atoms with E-state index in [1.54, 1.807) is 11.0 Å². The van der Waals surface area contributed by atoms with Gasteiger partial charge in [-0.1, -0.05) is 19.1 Å². The summed E-state index contributed by atoms with van der Waals surface area (Å²) in [5, 5.41) is 0. The van der Waals surface area contributed by atoms with Crippen molar-refractivity contribution in [3.05, 3.63) is 34.9 Å². The maximum Gasteiger partial charge on any atom is 0.338 e. The Morgan fingerprint density at radius 3 is 2.81 bits per heavy atom. The summed E-state index contributed by atoms with van der Waals surface area (Å²) in [5.74, 6) is 0.00670. The van der Waals surface area contributed by atoms with Crippen molar-refractivity contribution in [2.45, 2.75) is 33.6 Å². The summed E-state index contributed by atoms with van der Waals surface area (Å²) >= 11 is 0. The lowest BCUT2D eigenvalue weighted by molar-refractivity contribution is -0.136. The first kappa shape index (κ1) is 15.5. The van der Waals surface area contributed by atoms with Gasteiger partial charge in [0.15, 0.2) is 6.61 Å². The Hall–Kier alpha value is -1.84. The van der Waals surface area contributed by atoms with Crippen molar-refractivity contribution < 1.29 is 14.3 Å². The van der Waals surface area contributed by atoms with Gasteiger partial charge in [0.25, 0.3) is 5.91 Å². The smallest absolute Gasteiger partial charge is 0.338 e. The van der Waals surface area contributed by atoms with E-state index in [2.05, 4.69) is 6.92 Å². The highest BCUT2D eigenvalue weighted by Gasteiger charge is 2.22. The molecule has 4 heteroatoms. The first-order valence-corrected chi connectivity index (χ1v) is 7.50. The fourth-order valence-electron chi connectivity index (χ4n) is 2.68. The minimum Gasteiger partial charge on any atom is -0.452 e. The molecule has 0 aliphatic carbocycles. The summed E-state index contributed by atoms with van der Waals surface area (Å²) in [6.07, 6.45) is 2.18.